The average Bonchev–Trinajstić information content (AvgIpc) is 3.40. The van der Waals surface area contributed by atoms with Gasteiger partial charge >= 0.3 is 5.97 Å². The highest BCUT2D eigenvalue weighted by Crippen LogP contribution is 2.59. The van der Waals surface area contributed by atoms with Gasteiger partial charge in [0.1, 0.15) is 12.2 Å². The van der Waals surface area contributed by atoms with Crippen LogP contribution in [0.3, 0.4) is 0 Å². The smallest absolute Gasteiger partial charge is 0.322 e. The minimum absolute atomic E-state index is 0.122. The first-order chi connectivity index (χ1) is 17.6. The standard InChI is InChI=1S/C28H26F2N4O3/c1-15-6-5-7-22(23(15)12-31)19-8-9-20(32-13-19)10-11-21-16(2)28(29,30)14-27(25-34-33-18(4)37-25)24(21)17(3)36-26(27)35/h5-11,13,16-17,21,24H,14H2,1-4H3/t16-,17+,21-,24-,27+/m0/s1. The van der Waals surface area contributed by atoms with Crippen LogP contribution >= 0.6 is 0 Å². The van der Waals surface area contributed by atoms with Gasteiger partial charge in [-0.1, -0.05) is 37.3 Å². The molecule has 0 unspecified atom stereocenters. The van der Waals surface area contributed by atoms with Gasteiger partial charge in [0.2, 0.25) is 11.8 Å². The number of benzene rings is 1. The molecule has 0 bridgehead atoms. The fourth-order valence-corrected chi connectivity index (χ4v) is 5.84. The summed E-state index contributed by atoms with van der Waals surface area (Å²) in [5.41, 5.74) is 1.86. The summed E-state index contributed by atoms with van der Waals surface area (Å²) in [6.07, 6.45) is 3.67. The zero-order chi connectivity index (χ0) is 26.5. The molecule has 1 aliphatic carbocycles. The van der Waals surface area contributed by atoms with Crippen molar-refractivity contribution in [2.45, 2.75) is 51.6 Å². The number of aromatic nitrogens is 3. The highest BCUT2D eigenvalue weighted by Gasteiger charge is 2.71. The van der Waals surface area contributed by atoms with Gasteiger partial charge in [-0.15, -0.1) is 10.2 Å². The van der Waals surface area contributed by atoms with Crippen LogP contribution in [-0.4, -0.2) is 33.2 Å². The van der Waals surface area contributed by atoms with Gasteiger partial charge in [0.05, 0.1) is 11.3 Å². The Bertz CT molecular complexity index is 1430. The predicted octanol–water partition coefficient (Wildman–Crippen LogP) is 5.42. The van der Waals surface area contributed by atoms with Gasteiger partial charge in [0, 0.05) is 42.5 Å². The molecule has 0 spiro atoms. The van der Waals surface area contributed by atoms with E-state index in [4.69, 9.17) is 9.15 Å². The molecule has 5 rings (SSSR count). The summed E-state index contributed by atoms with van der Waals surface area (Å²) in [6, 6.07) is 11.5. The summed E-state index contributed by atoms with van der Waals surface area (Å²) in [7, 11) is 0. The van der Waals surface area contributed by atoms with Crippen molar-refractivity contribution in [2.24, 2.45) is 17.8 Å². The molecule has 5 atom stereocenters. The zero-order valence-corrected chi connectivity index (χ0v) is 20.9. The van der Waals surface area contributed by atoms with Gasteiger partial charge in [0.25, 0.3) is 5.92 Å². The summed E-state index contributed by atoms with van der Waals surface area (Å²) in [6.45, 7) is 6.64. The molecule has 7 nitrogen and oxygen atoms in total. The Kier molecular flexibility index (Phi) is 5.94. The molecule has 2 aliphatic rings. The van der Waals surface area contributed by atoms with Crippen molar-refractivity contribution in [2.75, 3.05) is 0 Å². The first kappa shape index (κ1) is 24.8. The Morgan fingerprint density at radius 2 is 1.95 bits per heavy atom. The van der Waals surface area contributed by atoms with Crippen LogP contribution in [0.5, 0.6) is 0 Å². The Balaban J connectivity index is 1.51. The van der Waals surface area contributed by atoms with E-state index in [1.54, 1.807) is 38.3 Å². The fraction of sp³-hybridized carbons (Fsp3) is 0.393. The van der Waals surface area contributed by atoms with Crippen molar-refractivity contribution in [3.8, 4) is 17.2 Å². The van der Waals surface area contributed by atoms with E-state index in [0.717, 1.165) is 16.7 Å². The van der Waals surface area contributed by atoms with E-state index in [9.17, 15) is 10.1 Å². The number of fused-ring (bicyclic) bond motifs is 1. The minimum Gasteiger partial charge on any atom is -0.461 e. The number of cyclic esters (lactones) is 1. The molecular weight excluding hydrogens is 478 g/mol. The van der Waals surface area contributed by atoms with E-state index >= 15 is 8.78 Å². The number of rotatable bonds is 4. The molecule has 3 heterocycles. The number of hydrogen-bond acceptors (Lipinski definition) is 7. The second-order valence-electron chi connectivity index (χ2n) is 9.98. The highest BCUT2D eigenvalue weighted by molar-refractivity contribution is 5.85. The third-order valence-corrected chi connectivity index (χ3v) is 7.78. The van der Waals surface area contributed by atoms with Crippen LogP contribution in [-0.2, 0) is 14.9 Å². The average molecular weight is 505 g/mol. The molecule has 3 aromatic rings. The minimum atomic E-state index is -3.17. The molecule has 37 heavy (non-hydrogen) atoms. The van der Waals surface area contributed by atoms with Gasteiger partial charge in [-0.05, 0) is 37.5 Å². The number of halogens is 2. The third kappa shape index (κ3) is 3.91. The van der Waals surface area contributed by atoms with E-state index in [1.807, 2.05) is 31.2 Å². The van der Waals surface area contributed by atoms with Crippen LogP contribution in [0.1, 0.15) is 48.9 Å². The molecule has 9 heteroatoms. The quantitative estimate of drug-likeness (QED) is 0.437. The maximum absolute atomic E-state index is 15.4. The molecule has 1 aliphatic heterocycles. The lowest BCUT2D eigenvalue weighted by Gasteiger charge is -2.46. The Labute approximate surface area is 213 Å². The molecule has 190 valence electrons. The van der Waals surface area contributed by atoms with Crippen LogP contribution in [0.15, 0.2) is 47.0 Å². The number of carbonyl (C=O) groups excluding carboxylic acids is 1. The Hall–Kier alpha value is -3.93. The molecule has 1 aromatic carbocycles. The summed E-state index contributed by atoms with van der Waals surface area (Å²) < 4.78 is 41.9. The lowest BCUT2D eigenvalue weighted by atomic mass is 9.56. The molecule has 0 amide bonds. The van der Waals surface area contributed by atoms with Crippen LogP contribution in [0, 0.1) is 42.9 Å². The van der Waals surface area contributed by atoms with Crippen molar-refractivity contribution >= 4 is 12.0 Å². The van der Waals surface area contributed by atoms with Gasteiger partial charge in [-0.3, -0.25) is 9.78 Å². The number of alkyl halides is 2. The first-order valence-electron chi connectivity index (χ1n) is 12.1. The van der Waals surface area contributed by atoms with Gasteiger partial charge < -0.3 is 9.15 Å². The summed E-state index contributed by atoms with van der Waals surface area (Å²) in [5.74, 6) is -6.26. The van der Waals surface area contributed by atoms with Crippen LogP contribution in [0.4, 0.5) is 8.78 Å². The molecule has 0 radical (unpaired) electrons. The second-order valence-corrected chi connectivity index (χ2v) is 9.98. The normalized spacial score (nSPS) is 28.6. The topological polar surface area (TPSA) is 102 Å². The van der Waals surface area contributed by atoms with Crippen molar-refractivity contribution in [1.29, 1.82) is 5.26 Å². The fourth-order valence-electron chi connectivity index (χ4n) is 5.84. The third-order valence-electron chi connectivity index (χ3n) is 7.78. The largest absolute Gasteiger partial charge is 0.461 e. The van der Waals surface area contributed by atoms with Crippen LogP contribution < -0.4 is 0 Å². The first-order valence-corrected chi connectivity index (χ1v) is 12.1. The molecule has 2 aromatic heterocycles. The van der Waals surface area contributed by atoms with Crippen molar-refractivity contribution < 1.29 is 22.7 Å². The highest BCUT2D eigenvalue weighted by atomic mass is 19.3. The van der Waals surface area contributed by atoms with Gasteiger partial charge in [-0.2, -0.15) is 5.26 Å². The predicted molar refractivity (Wildman–Crippen MR) is 130 cm³/mol. The summed E-state index contributed by atoms with van der Waals surface area (Å²) in [5, 5.41) is 17.3. The van der Waals surface area contributed by atoms with Crippen molar-refractivity contribution in [1.82, 2.24) is 15.2 Å². The number of ether oxygens (including phenoxy) is 1. The maximum atomic E-state index is 15.4. The Morgan fingerprint density at radius 3 is 2.59 bits per heavy atom. The van der Waals surface area contributed by atoms with E-state index in [-0.39, 0.29) is 11.8 Å². The molecule has 1 saturated heterocycles. The van der Waals surface area contributed by atoms with E-state index in [0.29, 0.717) is 11.3 Å². The summed E-state index contributed by atoms with van der Waals surface area (Å²) in [4.78, 5) is 17.6. The van der Waals surface area contributed by atoms with Gasteiger partial charge in [-0.25, -0.2) is 8.78 Å². The number of carbonyl (C=O) groups is 1. The lowest BCUT2D eigenvalue weighted by molar-refractivity contribution is -0.159. The zero-order valence-electron chi connectivity index (χ0n) is 20.9. The van der Waals surface area contributed by atoms with E-state index < -0.39 is 47.6 Å². The van der Waals surface area contributed by atoms with Crippen LogP contribution in [0.2, 0.25) is 0 Å². The second kappa shape index (κ2) is 8.87. The maximum Gasteiger partial charge on any atom is 0.322 e. The number of pyridine rings is 1. The van der Waals surface area contributed by atoms with E-state index in [1.165, 1.54) is 6.92 Å². The van der Waals surface area contributed by atoms with Crippen LogP contribution in [0.25, 0.3) is 17.2 Å². The molecular formula is C28H26F2N4O3. The molecule has 1 saturated carbocycles. The SMILES string of the molecule is Cc1nnc([C@@]23CC(F)(F)[C@@H](C)[C@H](C=Cc4ccc(-c5cccc(C)c5C#N)cn4)[C@@H]2[C@@H](C)OC3=O)o1. The number of nitrogens with zero attached hydrogens (tertiary/aromatic N) is 4. The number of hydrogen-bond donors (Lipinski definition) is 0. The number of esters is 1. The number of aryl methyl sites for hydroxylation is 2. The number of allylic oxidation sites excluding steroid dienone is 1. The molecule has 0 N–H and O–H groups in total. The van der Waals surface area contributed by atoms with Crippen molar-refractivity contribution in [3.05, 3.63) is 71.2 Å². The summed E-state index contributed by atoms with van der Waals surface area (Å²) >= 11 is 0. The lowest BCUT2D eigenvalue weighted by Crippen LogP contribution is -2.56. The van der Waals surface area contributed by atoms with E-state index in [2.05, 4.69) is 21.3 Å². The number of nitriles is 1. The Morgan fingerprint density at radius 1 is 1.16 bits per heavy atom. The molecule has 2 fully saturated rings. The van der Waals surface area contributed by atoms with Gasteiger partial charge in [0.15, 0.2) is 5.41 Å². The monoisotopic (exact) mass is 504 g/mol. The van der Waals surface area contributed by atoms with Crippen molar-refractivity contribution in [3.63, 3.8) is 0 Å².